The van der Waals surface area contributed by atoms with Crippen molar-refractivity contribution in [3.63, 3.8) is 0 Å². The Morgan fingerprint density at radius 1 is 1.21 bits per heavy atom. The molecule has 0 aliphatic heterocycles. The number of pyridine rings is 1. The predicted molar refractivity (Wildman–Crippen MR) is 112 cm³/mol. The van der Waals surface area contributed by atoms with Crippen molar-refractivity contribution >= 4 is 22.4 Å². The molecule has 4 rings (SSSR count). The number of aromatic amines is 1. The molecule has 0 spiro atoms. The molecule has 0 unspecified atom stereocenters. The molecule has 4 aromatic rings. The summed E-state index contributed by atoms with van der Waals surface area (Å²) in [7, 11) is 0. The third-order valence-electron chi connectivity index (χ3n) is 4.46. The molecule has 8 nitrogen and oxygen atoms in total. The van der Waals surface area contributed by atoms with Crippen LogP contribution in [0, 0.1) is 6.92 Å². The molecule has 0 aliphatic rings. The van der Waals surface area contributed by atoms with Gasteiger partial charge in [-0.3, -0.25) is 14.9 Å². The quantitative estimate of drug-likeness (QED) is 0.521. The number of aryl methyl sites for hydroxylation is 1. The Kier molecular flexibility index (Phi) is 4.99. The fraction of sp³-hybridized carbons (Fsp3) is 0.238. The smallest absolute Gasteiger partial charge is 0.275 e. The minimum Gasteiger partial charge on any atom is -0.489 e. The molecule has 0 saturated heterocycles. The molecule has 0 fully saturated rings. The number of hydrogen-bond donors (Lipinski definition) is 2. The second-order valence-corrected chi connectivity index (χ2v) is 7.11. The van der Waals surface area contributed by atoms with Crippen LogP contribution in [-0.2, 0) is 6.61 Å². The van der Waals surface area contributed by atoms with E-state index in [-0.39, 0.29) is 11.6 Å². The van der Waals surface area contributed by atoms with Gasteiger partial charge in [-0.05, 0) is 45.0 Å². The lowest BCUT2D eigenvalue weighted by Gasteiger charge is -2.15. The van der Waals surface area contributed by atoms with Gasteiger partial charge in [-0.1, -0.05) is 6.07 Å². The maximum atomic E-state index is 13.0. The van der Waals surface area contributed by atoms with Crippen LogP contribution in [0.4, 0.5) is 11.6 Å². The van der Waals surface area contributed by atoms with Crippen molar-refractivity contribution in [1.82, 2.24) is 25.0 Å². The van der Waals surface area contributed by atoms with E-state index >= 15 is 0 Å². The molecule has 2 N–H and O–H groups in total. The van der Waals surface area contributed by atoms with E-state index < -0.39 is 0 Å². The van der Waals surface area contributed by atoms with Crippen LogP contribution in [0.15, 0.2) is 53.6 Å². The number of ether oxygens (including phenoxy) is 1. The molecule has 8 heteroatoms. The summed E-state index contributed by atoms with van der Waals surface area (Å²) in [5.41, 5.74) is 1.73. The Balaban J connectivity index is 1.73. The number of nitrogens with zero attached hydrogens (tertiary/aromatic N) is 4. The fourth-order valence-corrected chi connectivity index (χ4v) is 3.02. The molecule has 3 aromatic heterocycles. The van der Waals surface area contributed by atoms with Gasteiger partial charge in [0, 0.05) is 35.1 Å². The van der Waals surface area contributed by atoms with Crippen molar-refractivity contribution in [2.45, 2.75) is 33.4 Å². The van der Waals surface area contributed by atoms with E-state index in [1.165, 1.54) is 4.68 Å². The van der Waals surface area contributed by atoms with Gasteiger partial charge in [0.25, 0.3) is 5.56 Å². The summed E-state index contributed by atoms with van der Waals surface area (Å²) in [6.45, 7) is 6.14. The van der Waals surface area contributed by atoms with Crippen LogP contribution in [0.25, 0.3) is 10.8 Å². The second-order valence-electron chi connectivity index (χ2n) is 7.11. The first kappa shape index (κ1) is 18.7. The SMILES string of the molecule is Cc1cc(Nc2nn(C(C)C)c(=O)c3cc(OCc4cccnc4)ccc23)n[nH]1. The van der Waals surface area contributed by atoms with Gasteiger partial charge in [0.15, 0.2) is 11.6 Å². The normalized spacial score (nSPS) is 11.2. The number of fused-ring (bicyclic) bond motifs is 1. The molecule has 3 heterocycles. The molecule has 29 heavy (non-hydrogen) atoms. The van der Waals surface area contributed by atoms with Crippen molar-refractivity contribution in [3.05, 3.63) is 70.4 Å². The lowest BCUT2D eigenvalue weighted by atomic mass is 10.1. The molecule has 0 atom stereocenters. The number of hydrogen-bond acceptors (Lipinski definition) is 6. The Labute approximate surface area is 167 Å². The number of aromatic nitrogens is 5. The Morgan fingerprint density at radius 2 is 2.07 bits per heavy atom. The second kappa shape index (κ2) is 7.75. The minimum atomic E-state index is -0.161. The highest BCUT2D eigenvalue weighted by molar-refractivity contribution is 5.93. The lowest BCUT2D eigenvalue weighted by Crippen LogP contribution is -2.25. The topological polar surface area (TPSA) is 97.7 Å². The third kappa shape index (κ3) is 3.96. The summed E-state index contributed by atoms with van der Waals surface area (Å²) in [6.07, 6.45) is 3.47. The zero-order valence-electron chi connectivity index (χ0n) is 16.5. The Hall–Kier alpha value is -3.68. The van der Waals surface area contributed by atoms with Gasteiger partial charge in [0.05, 0.1) is 11.4 Å². The first-order chi connectivity index (χ1) is 14.0. The van der Waals surface area contributed by atoms with Gasteiger partial charge in [-0.2, -0.15) is 10.2 Å². The van der Waals surface area contributed by atoms with E-state index in [1.807, 2.05) is 51.1 Å². The van der Waals surface area contributed by atoms with Crippen molar-refractivity contribution in [2.75, 3.05) is 5.32 Å². The monoisotopic (exact) mass is 390 g/mol. The van der Waals surface area contributed by atoms with E-state index in [9.17, 15) is 4.79 Å². The average molecular weight is 390 g/mol. The van der Waals surface area contributed by atoms with E-state index in [4.69, 9.17) is 4.74 Å². The average Bonchev–Trinajstić information content (AvgIpc) is 3.13. The van der Waals surface area contributed by atoms with Crippen molar-refractivity contribution in [2.24, 2.45) is 0 Å². The number of rotatable bonds is 6. The van der Waals surface area contributed by atoms with Gasteiger partial charge < -0.3 is 10.1 Å². The number of anilines is 2. The maximum absolute atomic E-state index is 13.0. The molecular weight excluding hydrogens is 368 g/mol. The molecule has 0 amide bonds. The standard InChI is InChI=1S/C21H22N6O2/c1-13(2)27-21(28)18-10-16(29-12-15-5-4-8-22-11-15)6-7-17(18)20(26-27)23-19-9-14(3)24-25-19/h4-11,13H,12H2,1-3H3,(H2,23,24,25,26). The van der Waals surface area contributed by atoms with E-state index in [2.05, 4.69) is 25.6 Å². The summed E-state index contributed by atoms with van der Waals surface area (Å²) < 4.78 is 7.34. The highest BCUT2D eigenvalue weighted by atomic mass is 16.5. The van der Waals surface area contributed by atoms with Gasteiger partial charge in [0.2, 0.25) is 0 Å². The van der Waals surface area contributed by atoms with Crippen LogP contribution in [0.3, 0.4) is 0 Å². The third-order valence-corrected chi connectivity index (χ3v) is 4.46. The van der Waals surface area contributed by atoms with Crippen LogP contribution in [0.2, 0.25) is 0 Å². The fourth-order valence-electron chi connectivity index (χ4n) is 3.02. The first-order valence-electron chi connectivity index (χ1n) is 9.38. The van der Waals surface area contributed by atoms with Gasteiger partial charge >= 0.3 is 0 Å². The van der Waals surface area contributed by atoms with Crippen LogP contribution in [0.5, 0.6) is 5.75 Å². The van der Waals surface area contributed by atoms with E-state index in [0.29, 0.717) is 34.8 Å². The van der Waals surface area contributed by atoms with Crippen molar-refractivity contribution < 1.29 is 4.74 Å². The molecule has 0 aliphatic carbocycles. The first-order valence-corrected chi connectivity index (χ1v) is 9.38. The Morgan fingerprint density at radius 3 is 2.76 bits per heavy atom. The molecule has 0 saturated carbocycles. The van der Waals surface area contributed by atoms with Crippen LogP contribution in [-0.4, -0.2) is 25.0 Å². The zero-order valence-corrected chi connectivity index (χ0v) is 16.5. The van der Waals surface area contributed by atoms with Crippen LogP contribution in [0.1, 0.15) is 31.1 Å². The number of benzene rings is 1. The van der Waals surface area contributed by atoms with Crippen LogP contribution >= 0.6 is 0 Å². The Bertz CT molecular complexity index is 1200. The summed E-state index contributed by atoms with van der Waals surface area (Å²) in [6, 6.07) is 11.0. The predicted octanol–water partition coefficient (Wildman–Crippen LogP) is 3.73. The van der Waals surface area contributed by atoms with Gasteiger partial charge in [0.1, 0.15) is 12.4 Å². The van der Waals surface area contributed by atoms with Crippen LogP contribution < -0.4 is 15.6 Å². The van der Waals surface area contributed by atoms with Crippen molar-refractivity contribution in [3.8, 4) is 5.75 Å². The lowest BCUT2D eigenvalue weighted by molar-refractivity contribution is 0.306. The van der Waals surface area contributed by atoms with Crippen molar-refractivity contribution in [1.29, 1.82) is 0 Å². The summed E-state index contributed by atoms with van der Waals surface area (Å²) in [5, 5.41) is 16.1. The minimum absolute atomic E-state index is 0.0895. The number of nitrogens with one attached hydrogen (secondary N) is 2. The molecule has 0 bridgehead atoms. The summed E-state index contributed by atoms with van der Waals surface area (Å²) >= 11 is 0. The molecular formula is C21H22N6O2. The summed E-state index contributed by atoms with van der Waals surface area (Å²) in [5.74, 6) is 1.82. The molecule has 0 radical (unpaired) electrons. The maximum Gasteiger partial charge on any atom is 0.275 e. The highest BCUT2D eigenvalue weighted by Gasteiger charge is 2.14. The molecule has 148 valence electrons. The van der Waals surface area contributed by atoms with Gasteiger partial charge in [-0.15, -0.1) is 0 Å². The summed E-state index contributed by atoms with van der Waals surface area (Å²) in [4.78, 5) is 17.1. The van der Waals surface area contributed by atoms with Gasteiger partial charge in [-0.25, -0.2) is 4.68 Å². The molecule has 1 aromatic carbocycles. The largest absolute Gasteiger partial charge is 0.489 e. The zero-order chi connectivity index (χ0) is 20.4. The van der Waals surface area contributed by atoms with E-state index in [1.54, 1.807) is 18.5 Å². The highest BCUT2D eigenvalue weighted by Crippen LogP contribution is 2.26. The van der Waals surface area contributed by atoms with E-state index in [0.717, 1.165) is 11.3 Å². The number of H-pyrrole nitrogens is 1.